The third-order valence-corrected chi connectivity index (χ3v) is 5.06. The second-order valence-electron chi connectivity index (χ2n) is 6.29. The number of carbonyl (C=O) groups is 1. The SMILES string of the molecule is CN1C2CCC1CN(CCC(=O)c1ccccc1F)CC2. The van der Waals surface area contributed by atoms with E-state index in [0.717, 1.165) is 19.6 Å². The van der Waals surface area contributed by atoms with Gasteiger partial charge in [-0.3, -0.25) is 9.69 Å². The van der Waals surface area contributed by atoms with Gasteiger partial charge in [0.05, 0.1) is 5.56 Å². The number of fused-ring (bicyclic) bond motifs is 2. The molecule has 2 atom stereocenters. The molecule has 0 aromatic heterocycles. The van der Waals surface area contributed by atoms with E-state index in [1.54, 1.807) is 18.2 Å². The molecule has 2 unspecified atom stereocenters. The zero-order valence-corrected chi connectivity index (χ0v) is 12.6. The molecule has 2 fully saturated rings. The maximum Gasteiger partial charge on any atom is 0.167 e. The predicted molar refractivity (Wildman–Crippen MR) is 81.0 cm³/mol. The maximum atomic E-state index is 13.6. The smallest absolute Gasteiger partial charge is 0.167 e. The number of rotatable bonds is 4. The van der Waals surface area contributed by atoms with Gasteiger partial charge in [0.1, 0.15) is 5.82 Å². The molecule has 0 N–H and O–H groups in total. The van der Waals surface area contributed by atoms with Crippen LogP contribution in [0.25, 0.3) is 0 Å². The van der Waals surface area contributed by atoms with E-state index in [0.29, 0.717) is 18.5 Å². The van der Waals surface area contributed by atoms with Crippen LogP contribution in [0.15, 0.2) is 24.3 Å². The molecule has 0 aliphatic carbocycles. The van der Waals surface area contributed by atoms with Crippen molar-refractivity contribution in [1.29, 1.82) is 0 Å². The molecular formula is C17H23FN2O. The summed E-state index contributed by atoms with van der Waals surface area (Å²) in [6, 6.07) is 7.61. The molecule has 2 bridgehead atoms. The van der Waals surface area contributed by atoms with Crippen molar-refractivity contribution in [3.63, 3.8) is 0 Å². The van der Waals surface area contributed by atoms with Gasteiger partial charge >= 0.3 is 0 Å². The maximum absolute atomic E-state index is 13.6. The third kappa shape index (κ3) is 3.16. The molecule has 0 amide bonds. The summed E-state index contributed by atoms with van der Waals surface area (Å²) in [6.45, 7) is 2.83. The Bertz CT molecular complexity index is 519. The monoisotopic (exact) mass is 290 g/mol. The fourth-order valence-electron chi connectivity index (χ4n) is 3.66. The van der Waals surface area contributed by atoms with Gasteiger partial charge in [0.25, 0.3) is 0 Å². The number of ketones is 1. The van der Waals surface area contributed by atoms with E-state index in [2.05, 4.69) is 16.8 Å². The highest BCUT2D eigenvalue weighted by atomic mass is 19.1. The van der Waals surface area contributed by atoms with Crippen molar-refractivity contribution in [1.82, 2.24) is 9.80 Å². The van der Waals surface area contributed by atoms with Crippen LogP contribution in [0, 0.1) is 5.82 Å². The lowest BCUT2D eigenvalue weighted by molar-refractivity contribution is 0.0957. The highest BCUT2D eigenvalue weighted by molar-refractivity contribution is 5.96. The minimum absolute atomic E-state index is 0.0872. The van der Waals surface area contributed by atoms with Gasteiger partial charge in [-0.1, -0.05) is 12.1 Å². The summed E-state index contributed by atoms with van der Waals surface area (Å²) in [5.74, 6) is -0.493. The Morgan fingerprint density at radius 1 is 1.24 bits per heavy atom. The minimum atomic E-state index is -0.405. The van der Waals surface area contributed by atoms with Crippen molar-refractivity contribution in [2.75, 3.05) is 26.7 Å². The molecule has 0 spiro atoms. The molecular weight excluding hydrogens is 267 g/mol. The van der Waals surface area contributed by atoms with Crippen LogP contribution in [0.3, 0.4) is 0 Å². The van der Waals surface area contributed by atoms with E-state index in [9.17, 15) is 9.18 Å². The second-order valence-corrected chi connectivity index (χ2v) is 6.29. The van der Waals surface area contributed by atoms with Crippen molar-refractivity contribution in [3.05, 3.63) is 35.6 Å². The topological polar surface area (TPSA) is 23.6 Å². The standard InChI is InChI=1S/C17H23FN2O/c1-19-13-6-7-14(19)12-20(10-8-13)11-9-17(21)15-4-2-3-5-16(15)18/h2-5,13-14H,6-12H2,1H3. The third-order valence-electron chi connectivity index (χ3n) is 5.06. The van der Waals surface area contributed by atoms with Gasteiger partial charge in [0.2, 0.25) is 0 Å². The minimum Gasteiger partial charge on any atom is -0.301 e. The Hall–Kier alpha value is -1.26. The molecule has 2 aliphatic rings. The first-order chi connectivity index (χ1) is 10.1. The second kappa shape index (κ2) is 6.24. The molecule has 1 aromatic carbocycles. The fraction of sp³-hybridized carbons (Fsp3) is 0.588. The van der Waals surface area contributed by atoms with Gasteiger partial charge in [0.15, 0.2) is 5.78 Å². The number of likely N-dealkylation sites (N-methyl/N-ethyl adjacent to an activating group) is 1. The molecule has 2 heterocycles. The van der Waals surface area contributed by atoms with Crippen molar-refractivity contribution in [3.8, 4) is 0 Å². The average molecular weight is 290 g/mol. The van der Waals surface area contributed by atoms with Crippen LogP contribution in [0.5, 0.6) is 0 Å². The Balaban J connectivity index is 1.56. The summed E-state index contributed by atoms with van der Waals surface area (Å²) in [5.41, 5.74) is 0.228. The number of halogens is 1. The largest absolute Gasteiger partial charge is 0.301 e. The number of likely N-dealkylation sites (tertiary alicyclic amines) is 1. The fourth-order valence-corrected chi connectivity index (χ4v) is 3.66. The lowest BCUT2D eigenvalue weighted by Gasteiger charge is -2.25. The summed E-state index contributed by atoms with van der Waals surface area (Å²) >= 11 is 0. The zero-order valence-electron chi connectivity index (χ0n) is 12.6. The van der Waals surface area contributed by atoms with E-state index >= 15 is 0 Å². The van der Waals surface area contributed by atoms with Gasteiger partial charge in [0, 0.05) is 31.6 Å². The first kappa shape index (κ1) is 14.7. The van der Waals surface area contributed by atoms with Gasteiger partial charge in [-0.25, -0.2) is 4.39 Å². The summed E-state index contributed by atoms with van der Waals surface area (Å²) in [6.07, 6.45) is 4.16. The lowest BCUT2D eigenvalue weighted by atomic mass is 10.1. The number of Topliss-reactive ketones (excluding diaryl/α,β-unsaturated/α-hetero) is 1. The van der Waals surface area contributed by atoms with Gasteiger partial charge in [-0.05, 0) is 45.0 Å². The van der Waals surface area contributed by atoms with E-state index in [-0.39, 0.29) is 11.3 Å². The van der Waals surface area contributed by atoms with Crippen LogP contribution in [0.2, 0.25) is 0 Å². The number of hydrogen-bond acceptors (Lipinski definition) is 3. The van der Waals surface area contributed by atoms with Crippen LogP contribution in [0.1, 0.15) is 36.0 Å². The average Bonchev–Trinajstić information content (AvgIpc) is 2.72. The molecule has 2 aliphatic heterocycles. The summed E-state index contributed by atoms with van der Waals surface area (Å²) in [4.78, 5) is 17.0. The Morgan fingerprint density at radius 3 is 2.81 bits per heavy atom. The molecule has 0 saturated carbocycles. The van der Waals surface area contributed by atoms with Crippen molar-refractivity contribution in [2.24, 2.45) is 0 Å². The molecule has 0 radical (unpaired) electrons. The Morgan fingerprint density at radius 2 is 2.00 bits per heavy atom. The summed E-state index contributed by atoms with van der Waals surface area (Å²) in [5, 5.41) is 0. The van der Waals surface area contributed by atoms with Crippen LogP contribution >= 0.6 is 0 Å². The van der Waals surface area contributed by atoms with Crippen LogP contribution in [0.4, 0.5) is 4.39 Å². The van der Waals surface area contributed by atoms with E-state index in [1.807, 2.05) is 0 Å². The van der Waals surface area contributed by atoms with E-state index in [4.69, 9.17) is 0 Å². The molecule has 1 aromatic rings. The highest BCUT2D eigenvalue weighted by Crippen LogP contribution is 2.28. The summed E-state index contributed by atoms with van der Waals surface area (Å²) in [7, 11) is 2.22. The van der Waals surface area contributed by atoms with Crippen molar-refractivity contribution < 1.29 is 9.18 Å². The van der Waals surface area contributed by atoms with E-state index < -0.39 is 5.82 Å². The molecule has 21 heavy (non-hydrogen) atoms. The number of nitrogens with zero attached hydrogens (tertiary/aromatic N) is 2. The molecule has 4 heteroatoms. The van der Waals surface area contributed by atoms with Crippen LogP contribution in [-0.4, -0.2) is 54.3 Å². The number of benzene rings is 1. The number of carbonyl (C=O) groups excluding carboxylic acids is 1. The lowest BCUT2D eigenvalue weighted by Crippen LogP contribution is -2.37. The molecule has 3 rings (SSSR count). The molecule has 114 valence electrons. The van der Waals surface area contributed by atoms with Crippen molar-refractivity contribution >= 4 is 5.78 Å². The Kier molecular flexibility index (Phi) is 4.36. The van der Waals surface area contributed by atoms with E-state index in [1.165, 1.54) is 25.3 Å². The predicted octanol–water partition coefficient (Wildman–Crippen LogP) is 2.57. The molecule has 2 saturated heterocycles. The van der Waals surface area contributed by atoms with Crippen molar-refractivity contribution in [2.45, 2.75) is 37.8 Å². The first-order valence-electron chi connectivity index (χ1n) is 7.87. The normalized spacial score (nSPS) is 26.8. The quantitative estimate of drug-likeness (QED) is 0.796. The van der Waals surface area contributed by atoms with Crippen LogP contribution < -0.4 is 0 Å². The van der Waals surface area contributed by atoms with Gasteiger partial charge in [-0.15, -0.1) is 0 Å². The number of hydrogen-bond donors (Lipinski definition) is 0. The van der Waals surface area contributed by atoms with Gasteiger partial charge in [-0.2, -0.15) is 0 Å². The molecule has 3 nitrogen and oxygen atoms in total. The van der Waals surface area contributed by atoms with Gasteiger partial charge < -0.3 is 4.90 Å². The summed E-state index contributed by atoms with van der Waals surface area (Å²) < 4.78 is 13.6. The zero-order chi connectivity index (χ0) is 14.8. The highest BCUT2D eigenvalue weighted by Gasteiger charge is 2.34. The van der Waals surface area contributed by atoms with Crippen LogP contribution in [-0.2, 0) is 0 Å². The Labute approximate surface area is 125 Å². The first-order valence-corrected chi connectivity index (χ1v) is 7.87.